The number of nitrogens with zero attached hydrogens (tertiary/aromatic N) is 6. The van der Waals surface area contributed by atoms with Crippen molar-refractivity contribution in [3.05, 3.63) is 131 Å². The highest BCUT2D eigenvalue weighted by Crippen LogP contribution is 2.40. The standard InChI is InChI=1S/C26H27F3N4O4S.C25H25F3N4O4S/c1-37-24(34)17-33-16-7-3-2-4-9-18-10-5-6-11-19(18)25-20(26(27,28)29)14-15-21(30-25)32-38(35,36)23-13-8-12-22(33)31-23;26-25(27,28)19-13-14-20-29-24(19)18-10-5-4-9-17(18)8-3-1-2-6-15-32(16-23(33)34)21-11-7-12-22(30-21)37(35,36)31-20/h5-6,8,10-15H,2-4,7,9,16-17H2,1H3,(H,30,32);4-5,7,9-14H,1-3,6,8,15-16H2,(H,29,31)(H,33,34). The molecule has 16 nitrogen and oxygen atoms in total. The number of carboxylic acids is 1. The number of rotatable bonds is 4. The number of aromatic nitrogens is 4. The Balaban J connectivity index is 0.000000219. The molecule has 24 heteroatoms. The quantitative estimate of drug-likeness (QED) is 0.111. The maximum Gasteiger partial charge on any atom is 0.418 e. The van der Waals surface area contributed by atoms with E-state index in [0.717, 1.165) is 56.4 Å². The second kappa shape index (κ2) is 23.9. The van der Waals surface area contributed by atoms with Crippen molar-refractivity contribution in [2.24, 2.45) is 0 Å². The van der Waals surface area contributed by atoms with Crippen molar-refractivity contribution in [1.29, 1.82) is 0 Å². The van der Waals surface area contributed by atoms with Gasteiger partial charge in [-0.05, 0) is 98.2 Å². The van der Waals surface area contributed by atoms with Gasteiger partial charge in [-0.1, -0.05) is 86.3 Å². The molecule has 3 N–H and O–H groups in total. The summed E-state index contributed by atoms with van der Waals surface area (Å²) >= 11 is 0. The molecular weight excluding hydrogens is 1030 g/mol. The molecule has 398 valence electrons. The number of esters is 1. The number of fused-ring (bicyclic) bond motifs is 12. The number of carbonyl (C=O) groups excluding carboxylic acids is 1. The van der Waals surface area contributed by atoms with Crippen LogP contribution in [0.1, 0.15) is 73.6 Å². The minimum Gasteiger partial charge on any atom is -0.480 e. The van der Waals surface area contributed by atoms with E-state index in [1.54, 1.807) is 59.5 Å². The van der Waals surface area contributed by atoms with Crippen LogP contribution in [-0.4, -0.2) is 87.1 Å². The molecule has 8 bridgehead atoms. The molecule has 0 unspecified atom stereocenters. The lowest BCUT2D eigenvalue weighted by molar-refractivity contribution is -0.139. The summed E-state index contributed by atoms with van der Waals surface area (Å²) in [6, 6.07) is 25.4. The van der Waals surface area contributed by atoms with Crippen molar-refractivity contribution in [1.82, 2.24) is 19.9 Å². The lowest BCUT2D eigenvalue weighted by atomic mass is 9.96. The number of pyridine rings is 4. The van der Waals surface area contributed by atoms with Crippen molar-refractivity contribution in [2.75, 3.05) is 52.5 Å². The van der Waals surface area contributed by atoms with Crippen LogP contribution in [0.15, 0.2) is 119 Å². The average Bonchev–Trinajstić information content (AvgIpc) is 3.36. The molecular formula is C51H52F6N8O8S2. The van der Waals surface area contributed by atoms with Crippen LogP contribution in [0, 0.1) is 0 Å². The smallest absolute Gasteiger partial charge is 0.418 e. The summed E-state index contributed by atoms with van der Waals surface area (Å²) in [7, 11) is -7.40. The molecule has 8 rings (SSSR count). The van der Waals surface area contributed by atoms with Crippen molar-refractivity contribution in [3.8, 4) is 22.5 Å². The predicted octanol–water partition coefficient (Wildman–Crippen LogP) is 10.0. The number of hydrogen-bond acceptors (Lipinski definition) is 13. The van der Waals surface area contributed by atoms with Crippen molar-refractivity contribution >= 4 is 55.3 Å². The number of methoxy groups -OCH3 is 1. The number of carbonyl (C=O) groups is 2. The summed E-state index contributed by atoms with van der Waals surface area (Å²) < 4.78 is 145. The third kappa shape index (κ3) is 14.5. The van der Waals surface area contributed by atoms with Crippen molar-refractivity contribution in [3.63, 3.8) is 0 Å². The van der Waals surface area contributed by atoms with Gasteiger partial charge in [0.15, 0.2) is 10.1 Å². The largest absolute Gasteiger partial charge is 0.480 e. The van der Waals surface area contributed by atoms with E-state index < -0.39 is 60.5 Å². The van der Waals surface area contributed by atoms with Crippen LogP contribution in [0.25, 0.3) is 22.5 Å². The Morgan fingerprint density at radius 2 is 0.960 bits per heavy atom. The highest BCUT2D eigenvalue weighted by Gasteiger charge is 2.37. The number of aliphatic carboxylic acids is 1. The molecule has 2 aromatic carbocycles. The molecule has 4 aromatic heterocycles. The first-order valence-corrected chi connectivity index (χ1v) is 26.7. The number of alkyl halides is 6. The number of sulfonamides is 2. The maximum atomic E-state index is 13.9. The van der Waals surface area contributed by atoms with Gasteiger partial charge in [0.25, 0.3) is 20.0 Å². The maximum absolute atomic E-state index is 13.9. The van der Waals surface area contributed by atoms with Crippen LogP contribution in [0.4, 0.5) is 49.6 Å². The number of anilines is 4. The first-order chi connectivity index (χ1) is 35.6. The SMILES string of the molecule is COC(=O)CN1CCCCCCc2ccccc2-c2nc(ccc2C(F)(F)F)NS(=O)(=O)c2cccc1n2.O=C(O)CN1CCCCCCc2ccccc2-c2nc(ccc2C(F)(F)F)NS(=O)(=O)c2cccc1n2. The van der Waals surface area contributed by atoms with Crippen LogP contribution in [-0.2, 0) is 59.6 Å². The van der Waals surface area contributed by atoms with Gasteiger partial charge in [-0.3, -0.25) is 19.0 Å². The summed E-state index contributed by atoms with van der Waals surface area (Å²) in [6.07, 6.45) is -2.47. The Hall–Kier alpha value is -7.34. The van der Waals surface area contributed by atoms with Gasteiger partial charge in [0.1, 0.15) is 36.4 Å². The molecule has 2 aliphatic heterocycles. The average molecular weight is 1080 g/mol. The van der Waals surface area contributed by atoms with Gasteiger partial charge in [0.05, 0.1) is 29.6 Å². The molecule has 0 saturated heterocycles. The molecule has 0 saturated carbocycles. The van der Waals surface area contributed by atoms with E-state index in [4.69, 9.17) is 4.74 Å². The van der Waals surface area contributed by atoms with E-state index in [-0.39, 0.29) is 58.3 Å². The summed E-state index contributed by atoms with van der Waals surface area (Å²) in [6.45, 7) is 0.315. The van der Waals surface area contributed by atoms with Gasteiger partial charge in [0, 0.05) is 24.2 Å². The van der Waals surface area contributed by atoms with Gasteiger partial charge < -0.3 is 19.6 Å². The highest BCUT2D eigenvalue weighted by atomic mass is 32.2. The normalized spacial score (nSPS) is 16.1. The number of benzene rings is 2. The molecule has 0 fully saturated rings. The van der Waals surface area contributed by atoms with Gasteiger partial charge in [0.2, 0.25) is 0 Å². The fourth-order valence-corrected chi connectivity index (χ4v) is 10.5. The van der Waals surface area contributed by atoms with E-state index in [1.807, 2.05) is 0 Å². The molecule has 0 atom stereocenters. The van der Waals surface area contributed by atoms with Crippen LogP contribution >= 0.6 is 0 Å². The lowest BCUT2D eigenvalue weighted by Gasteiger charge is -2.23. The third-order valence-corrected chi connectivity index (χ3v) is 14.7. The molecule has 0 spiro atoms. The summed E-state index contributed by atoms with van der Waals surface area (Å²) in [5.74, 6) is -1.72. The van der Waals surface area contributed by atoms with Gasteiger partial charge in [-0.15, -0.1) is 0 Å². The summed E-state index contributed by atoms with van der Waals surface area (Å²) in [4.78, 5) is 43.1. The zero-order valence-corrected chi connectivity index (χ0v) is 42.0. The first kappa shape index (κ1) is 55.4. The second-order valence-electron chi connectivity index (χ2n) is 17.5. The predicted molar refractivity (Wildman–Crippen MR) is 268 cm³/mol. The minimum absolute atomic E-state index is 0.113. The molecule has 6 heterocycles. The van der Waals surface area contributed by atoms with Gasteiger partial charge >= 0.3 is 24.3 Å². The van der Waals surface area contributed by atoms with Crippen LogP contribution in [0.3, 0.4) is 0 Å². The monoisotopic (exact) mass is 1080 g/mol. The van der Waals surface area contributed by atoms with E-state index >= 15 is 0 Å². The Morgan fingerprint density at radius 1 is 0.547 bits per heavy atom. The second-order valence-corrected chi connectivity index (χ2v) is 20.8. The third-order valence-electron chi connectivity index (χ3n) is 12.2. The highest BCUT2D eigenvalue weighted by molar-refractivity contribution is 7.93. The van der Waals surface area contributed by atoms with E-state index in [2.05, 4.69) is 29.4 Å². The Labute approximate surface area is 429 Å². The molecule has 2 aliphatic rings. The zero-order valence-electron chi connectivity index (χ0n) is 40.4. The van der Waals surface area contributed by atoms with Crippen molar-refractivity contribution in [2.45, 2.75) is 86.6 Å². The van der Waals surface area contributed by atoms with Crippen LogP contribution in [0.5, 0.6) is 0 Å². The van der Waals surface area contributed by atoms with Crippen LogP contribution in [0.2, 0.25) is 0 Å². The van der Waals surface area contributed by atoms with Gasteiger partial charge in [-0.2, -0.15) is 43.2 Å². The lowest BCUT2D eigenvalue weighted by Crippen LogP contribution is -2.32. The molecule has 6 aromatic rings. The first-order valence-electron chi connectivity index (χ1n) is 23.7. The number of carboxylic acid groups (broad SMARTS) is 1. The fraction of sp³-hybridized carbons (Fsp3) is 0.333. The number of nitrogens with one attached hydrogen (secondary N) is 2. The Bertz CT molecular complexity index is 3240. The van der Waals surface area contributed by atoms with Crippen molar-refractivity contribution < 1.29 is 62.6 Å². The number of aryl methyl sites for hydroxylation is 2. The Kier molecular flexibility index (Phi) is 17.7. The van der Waals surface area contributed by atoms with Crippen LogP contribution < -0.4 is 19.2 Å². The summed E-state index contributed by atoms with van der Waals surface area (Å²) in [5.41, 5.74) is -0.677. The molecule has 0 radical (unpaired) electrons. The molecule has 0 aliphatic carbocycles. The fourth-order valence-electron chi connectivity index (χ4n) is 8.55. The summed E-state index contributed by atoms with van der Waals surface area (Å²) in [5, 5.41) is 8.56. The molecule has 0 amide bonds. The van der Waals surface area contributed by atoms with E-state index in [9.17, 15) is 57.9 Å². The zero-order chi connectivity index (χ0) is 54.0. The van der Waals surface area contributed by atoms with E-state index in [1.165, 1.54) is 42.3 Å². The minimum atomic E-state index is -4.70. The molecule has 75 heavy (non-hydrogen) atoms. The van der Waals surface area contributed by atoms with E-state index in [0.29, 0.717) is 61.9 Å². The number of halogens is 6. The number of ether oxygens (including phenoxy) is 1. The number of hydrogen-bond donors (Lipinski definition) is 3. The topological polar surface area (TPSA) is 214 Å². The van der Waals surface area contributed by atoms with Gasteiger partial charge in [-0.25, -0.2) is 19.9 Å². The Morgan fingerprint density at radius 3 is 1.37 bits per heavy atom.